The molecule has 0 saturated heterocycles. The van der Waals surface area contributed by atoms with Gasteiger partial charge in [0.25, 0.3) is 0 Å². The van der Waals surface area contributed by atoms with E-state index in [0.29, 0.717) is 11.8 Å². The normalized spacial score (nSPS) is 10.4. The zero-order valence-electron chi connectivity index (χ0n) is 6.98. The number of aromatic nitrogens is 1. The van der Waals surface area contributed by atoms with Crippen LogP contribution in [0.15, 0.2) is 18.2 Å². The van der Waals surface area contributed by atoms with Gasteiger partial charge >= 0.3 is 5.97 Å². The molecular formula is C9H6ClNO3. The SMILES string of the molecule is O=CC=Cc1ccc(Cl)nc1C(=O)O. The third kappa shape index (κ3) is 2.40. The molecule has 0 radical (unpaired) electrons. The fourth-order valence-corrected chi connectivity index (χ4v) is 1.04. The van der Waals surface area contributed by atoms with Crippen LogP contribution in [0.2, 0.25) is 5.15 Å². The quantitative estimate of drug-likeness (QED) is 0.469. The van der Waals surface area contributed by atoms with E-state index < -0.39 is 5.97 Å². The maximum absolute atomic E-state index is 10.7. The lowest BCUT2D eigenvalue weighted by molar-refractivity contribution is -0.104. The van der Waals surface area contributed by atoms with Crippen molar-refractivity contribution in [3.8, 4) is 0 Å². The summed E-state index contributed by atoms with van der Waals surface area (Å²) in [6, 6.07) is 2.94. The van der Waals surface area contributed by atoms with E-state index in [1.165, 1.54) is 24.3 Å². The van der Waals surface area contributed by atoms with E-state index in [1.807, 2.05) is 0 Å². The first-order valence-corrected chi connectivity index (χ1v) is 4.04. The first-order valence-electron chi connectivity index (χ1n) is 3.67. The Bertz CT molecular complexity index is 401. The van der Waals surface area contributed by atoms with E-state index in [2.05, 4.69) is 4.98 Å². The highest BCUT2D eigenvalue weighted by Crippen LogP contribution is 2.12. The van der Waals surface area contributed by atoms with Gasteiger partial charge in [0.05, 0.1) is 0 Å². The Balaban J connectivity index is 3.21. The molecule has 1 aromatic rings. The number of carboxylic acids is 1. The van der Waals surface area contributed by atoms with Crippen molar-refractivity contribution in [1.82, 2.24) is 4.98 Å². The topological polar surface area (TPSA) is 67.3 Å². The Morgan fingerprint density at radius 3 is 2.79 bits per heavy atom. The summed E-state index contributed by atoms with van der Waals surface area (Å²) in [5, 5.41) is 8.85. The molecule has 0 unspecified atom stereocenters. The molecule has 0 fully saturated rings. The van der Waals surface area contributed by atoms with Crippen molar-refractivity contribution in [2.24, 2.45) is 0 Å². The summed E-state index contributed by atoms with van der Waals surface area (Å²) < 4.78 is 0. The van der Waals surface area contributed by atoms with Crippen LogP contribution < -0.4 is 0 Å². The molecule has 0 aliphatic rings. The van der Waals surface area contributed by atoms with Gasteiger partial charge in [-0.25, -0.2) is 9.78 Å². The number of aldehydes is 1. The van der Waals surface area contributed by atoms with Crippen molar-refractivity contribution < 1.29 is 14.7 Å². The number of allylic oxidation sites excluding steroid dienone is 1. The second kappa shape index (κ2) is 4.53. The molecule has 0 amide bonds. The molecular weight excluding hydrogens is 206 g/mol. The number of carbonyl (C=O) groups is 2. The van der Waals surface area contributed by atoms with Crippen LogP contribution in [0.1, 0.15) is 16.1 Å². The molecule has 0 bridgehead atoms. The molecule has 0 saturated carbocycles. The summed E-state index contributed by atoms with van der Waals surface area (Å²) in [7, 11) is 0. The van der Waals surface area contributed by atoms with Gasteiger partial charge in [0.1, 0.15) is 11.4 Å². The number of hydrogen-bond donors (Lipinski definition) is 1. The van der Waals surface area contributed by atoms with Crippen LogP contribution in [0.4, 0.5) is 0 Å². The summed E-state index contributed by atoms with van der Waals surface area (Å²) >= 11 is 5.53. The van der Waals surface area contributed by atoms with E-state index in [0.717, 1.165) is 0 Å². The van der Waals surface area contributed by atoms with Crippen LogP contribution in [-0.2, 0) is 4.79 Å². The average Bonchev–Trinajstić information content (AvgIpc) is 2.15. The lowest BCUT2D eigenvalue weighted by Gasteiger charge is -1.99. The molecule has 0 atom stereocenters. The molecule has 0 aliphatic heterocycles. The van der Waals surface area contributed by atoms with Crippen LogP contribution in [-0.4, -0.2) is 22.3 Å². The summed E-state index contributed by atoms with van der Waals surface area (Å²) in [6.45, 7) is 0. The zero-order chi connectivity index (χ0) is 10.6. The van der Waals surface area contributed by atoms with E-state index in [1.54, 1.807) is 0 Å². The minimum absolute atomic E-state index is 0.102. The fraction of sp³-hybridized carbons (Fsp3) is 0. The van der Waals surface area contributed by atoms with Gasteiger partial charge in [-0.3, -0.25) is 4.79 Å². The number of pyridine rings is 1. The van der Waals surface area contributed by atoms with Crippen LogP contribution >= 0.6 is 11.6 Å². The number of rotatable bonds is 3. The Morgan fingerprint density at radius 2 is 2.21 bits per heavy atom. The molecule has 5 heteroatoms. The fourth-order valence-electron chi connectivity index (χ4n) is 0.895. The van der Waals surface area contributed by atoms with E-state index in [9.17, 15) is 9.59 Å². The van der Waals surface area contributed by atoms with E-state index in [4.69, 9.17) is 16.7 Å². The van der Waals surface area contributed by atoms with Crippen LogP contribution in [0.5, 0.6) is 0 Å². The summed E-state index contributed by atoms with van der Waals surface area (Å²) in [4.78, 5) is 24.4. The maximum atomic E-state index is 10.7. The average molecular weight is 212 g/mol. The Labute approximate surface area is 84.8 Å². The van der Waals surface area contributed by atoms with E-state index >= 15 is 0 Å². The highest BCUT2D eigenvalue weighted by atomic mass is 35.5. The third-order valence-corrected chi connectivity index (χ3v) is 1.66. The van der Waals surface area contributed by atoms with Crippen LogP contribution in [0.3, 0.4) is 0 Å². The Hall–Kier alpha value is -1.68. The van der Waals surface area contributed by atoms with Gasteiger partial charge in [-0.2, -0.15) is 0 Å². The first-order chi connectivity index (χ1) is 6.65. The zero-order valence-corrected chi connectivity index (χ0v) is 7.73. The van der Waals surface area contributed by atoms with Crippen LogP contribution in [0.25, 0.3) is 6.08 Å². The van der Waals surface area contributed by atoms with Gasteiger partial charge in [-0.15, -0.1) is 0 Å². The van der Waals surface area contributed by atoms with Crippen LogP contribution in [0, 0.1) is 0 Å². The number of hydrogen-bond acceptors (Lipinski definition) is 3. The second-order valence-corrected chi connectivity index (χ2v) is 2.76. The summed E-state index contributed by atoms with van der Waals surface area (Å²) in [5.74, 6) is -1.18. The predicted molar refractivity (Wildman–Crippen MR) is 51.3 cm³/mol. The number of carboxylic acid groups (broad SMARTS) is 1. The third-order valence-electron chi connectivity index (χ3n) is 1.45. The number of carbonyl (C=O) groups excluding carboxylic acids is 1. The first kappa shape index (κ1) is 10.4. The van der Waals surface area contributed by atoms with Crippen molar-refractivity contribution in [2.45, 2.75) is 0 Å². The standard InChI is InChI=1S/C9H6ClNO3/c10-7-4-3-6(2-1-5-12)8(11-7)9(13)14/h1-5H,(H,13,14). The molecule has 0 aliphatic carbocycles. The smallest absolute Gasteiger partial charge is 0.355 e. The van der Waals surface area contributed by atoms with Gasteiger partial charge in [-0.1, -0.05) is 11.6 Å². The van der Waals surface area contributed by atoms with E-state index in [-0.39, 0.29) is 10.8 Å². The molecule has 0 aromatic carbocycles. The molecule has 1 N–H and O–H groups in total. The number of aromatic carboxylic acids is 1. The number of halogens is 1. The molecule has 4 nitrogen and oxygen atoms in total. The molecule has 1 rings (SSSR count). The van der Waals surface area contributed by atoms with Gasteiger partial charge in [0, 0.05) is 5.56 Å². The molecule has 14 heavy (non-hydrogen) atoms. The summed E-state index contributed by atoms with van der Waals surface area (Å²) in [5.41, 5.74) is 0.171. The summed E-state index contributed by atoms with van der Waals surface area (Å²) in [6.07, 6.45) is 3.11. The van der Waals surface area contributed by atoms with Crippen molar-refractivity contribution in [1.29, 1.82) is 0 Å². The van der Waals surface area contributed by atoms with Crippen molar-refractivity contribution in [3.05, 3.63) is 34.6 Å². The Morgan fingerprint density at radius 1 is 1.50 bits per heavy atom. The lowest BCUT2D eigenvalue weighted by Crippen LogP contribution is -2.03. The maximum Gasteiger partial charge on any atom is 0.355 e. The van der Waals surface area contributed by atoms with Gasteiger partial charge in [0.15, 0.2) is 5.69 Å². The van der Waals surface area contributed by atoms with Crippen molar-refractivity contribution in [3.63, 3.8) is 0 Å². The molecule has 1 heterocycles. The minimum atomic E-state index is -1.18. The monoisotopic (exact) mass is 211 g/mol. The molecule has 72 valence electrons. The number of nitrogens with zero attached hydrogens (tertiary/aromatic N) is 1. The minimum Gasteiger partial charge on any atom is -0.476 e. The predicted octanol–water partition coefficient (Wildman–Crippen LogP) is 1.65. The molecule has 0 spiro atoms. The Kier molecular flexibility index (Phi) is 3.36. The van der Waals surface area contributed by atoms with Gasteiger partial charge in [-0.05, 0) is 24.3 Å². The highest BCUT2D eigenvalue weighted by molar-refractivity contribution is 6.29. The van der Waals surface area contributed by atoms with Crippen molar-refractivity contribution >= 4 is 29.9 Å². The lowest BCUT2D eigenvalue weighted by atomic mass is 10.2. The van der Waals surface area contributed by atoms with Gasteiger partial charge < -0.3 is 5.11 Å². The largest absolute Gasteiger partial charge is 0.476 e. The second-order valence-electron chi connectivity index (χ2n) is 2.37. The molecule has 1 aromatic heterocycles. The van der Waals surface area contributed by atoms with Crippen molar-refractivity contribution in [2.75, 3.05) is 0 Å². The van der Waals surface area contributed by atoms with Gasteiger partial charge in [0.2, 0.25) is 0 Å². The highest BCUT2D eigenvalue weighted by Gasteiger charge is 2.09.